The molecule has 3 aromatic rings. The van der Waals surface area contributed by atoms with E-state index in [2.05, 4.69) is 15.5 Å². The Morgan fingerprint density at radius 3 is 2.72 bits per heavy atom. The molecule has 0 unspecified atom stereocenters. The zero-order valence-corrected chi connectivity index (χ0v) is 20.7. The molecule has 0 saturated carbocycles. The first kappa shape index (κ1) is 25.6. The Bertz CT molecular complexity index is 1160. The van der Waals surface area contributed by atoms with Crippen molar-refractivity contribution in [3.05, 3.63) is 54.1 Å². The summed E-state index contributed by atoms with van der Waals surface area (Å²) in [6, 6.07) is 7.44. The minimum Gasteiger partial charge on any atom is -0.464 e. The summed E-state index contributed by atoms with van der Waals surface area (Å²) >= 11 is 0. The third-order valence-corrected chi connectivity index (χ3v) is 6.36. The molecule has 0 atom stereocenters. The van der Waals surface area contributed by atoms with Crippen LogP contribution in [0.2, 0.25) is 0 Å². The minimum atomic E-state index is -0.597. The van der Waals surface area contributed by atoms with Crippen LogP contribution in [0.4, 0.5) is 5.69 Å². The van der Waals surface area contributed by atoms with Crippen molar-refractivity contribution >= 4 is 17.6 Å². The van der Waals surface area contributed by atoms with Gasteiger partial charge in [0.25, 0.3) is 5.91 Å². The van der Waals surface area contributed by atoms with Gasteiger partial charge in [-0.15, -0.1) is 0 Å². The van der Waals surface area contributed by atoms with Gasteiger partial charge in [0.2, 0.25) is 0 Å². The second kappa shape index (κ2) is 12.5. The topological polar surface area (TPSA) is 126 Å². The SMILES string of the molecule is COC(=O)c1nn(C2CCOCC2)cc1NC(=O)c1cccc(-c2cnn(CCCCCCN)c2)c1. The fraction of sp³-hybridized carbons (Fsp3) is 0.462. The number of amides is 1. The quantitative estimate of drug-likeness (QED) is 0.308. The molecule has 2 aromatic heterocycles. The number of methoxy groups -OCH3 is 1. The van der Waals surface area contributed by atoms with Crippen LogP contribution in [0.3, 0.4) is 0 Å². The summed E-state index contributed by atoms with van der Waals surface area (Å²) in [5.41, 5.74) is 8.26. The molecule has 0 radical (unpaired) electrons. The largest absolute Gasteiger partial charge is 0.464 e. The summed E-state index contributed by atoms with van der Waals surface area (Å²) in [5, 5.41) is 11.7. The number of ether oxygens (including phenoxy) is 2. The molecule has 0 aliphatic carbocycles. The number of hydrogen-bond donors (Lipinski definition) is 2. The highest BCUT2D eigenvalue weighted by Crippen LogP contribution is 2.26. The van der Waals surface area contributed by atoms with Crippen molar-refractivity contribution in [3.8, 4) is 11.1 Å². The fourth-order valence-electron chi connectivity index (χ4n) is 4.31. The molecular weight excluding hydrogens is 460 g/mol. The van der Waals surface area contributed by atoms with E-state index in [9.17, 15) is 9.59 Å². The Morgan fingerprint density at radius 1 is 1.14 bits per heavy atom. The van der Waals surface area contributed by atoms with Crippen molar-refractivity contribution in [1.29, 1.82) is 0 Å². The van der Waals surface area contributed by atoms with E-state index < -0.39 is 5.97 Å². The summed E-state index contributed by atoms with van der Waals surface area (Å²) in [6.45, 7) is 2.85. The Kier molecular flexibility index (Phi) is 8.85. The summed E-state index contributed by atoms with van der Waals surface area (Å²) in [5.74, 6) is -0.930. The molecule has 10 heteroatoms. The molecular formula is C26H34N6O4. The van der Waals surface area contributed by atoms with Crippen molar-refractivity contribution in [1.82, 2.24) is 19.6 Å². The van der Waals surface area contributed by atoms with Crippen molar-refractivity contribution in [2.45, 2.75) is 51.1 Å². The zero-order valence-electron chi connectivity index (χ0n) is 20.7. The molecule has 1 amide bonds. The Morgan fingerprint density at radius 2 is 1.94 bits per heavy atom. The molecule has 1 aliphatic heterocycles. The molecule has 10 nitrogen and oxygen atoms in total. The van der Waals surface area contributed by atoms with Crippen LogP contribution in [0, 0.1) is 0 Å². The second-order valence-corrected chi connectivity index (χ2v) is 8.94. The number of nitrogens with one attached hydrogen (secondary N) is 1. The number of nitrogens with two attached hydrogens (primary N) is 1. The number of carbonyl (C=O) groups is 2. The Hall–Kier alpha value is -3.50. The number of hydrogen-bond acceptors (Lipinski definition) is 7. The summed E-state index contributed by atoms with van der Waals surface area (Å²) < 4.78 is 14.0. The molecule has 1 saturated heterocycles. The van der Waals surface area contributed by atoms with Gasteiger partial charge >= 0.3 is 5.97 Å². The van der Waals surface area contributed by atoms with E-state index in [1.807, 2.05) is 35.3 Å². The Labute approximate surface area is 210 Å². The lowest BCUT2D eigenvalue weighted by Gasteiger charge is -2.22. The first-order chi connectivity index (χ1) is 17.6. The van der Waals surface area contributed by atoms with Crippen LogP contribution in [0.5, 0.6) is 0 Å². The lowest BCUT2D eigenvalue weighted by Crippen LogP contribution is -2.20. The van der Waals surface area contributed by atoms with Gasteiger partial charge in [0.15, 0.2) is 5.69 Å². The van der Waals surface area contributed by atoms with Gasteiger partial charge in [-0.25, -0.2) is 4.79 Å². The lowest BCUT2D eigenvalue weighted by molar-refractivity contribution is 0.0583. The van der Waals surface area contributed by atoms with E-state index in [4.69, 9.17) is 15.2 Å². The standard InChI is InChI=1S/C26H34N6O4/c1-35-26(34)24-23(18-32(30-24)22-9-13-36-14-10-22)29-25(33)20-8-6-7-19(15-20)21-16-28-31(17-21)12-5-3-2-4-11-27/h6-8,15-18,22H,2-5,9-14,27H2,1H3,(H,29,33). The van der Waals surface area contributed by atoms with Crippen LogP contribution in [0.1, 0.15) is 65.4 Å². The number of aryl methyl sites for hydroxylation is 1. The van der Waals surface area contributed by atoms with E-state index in [1.165, 1.54) is 7.11 Å². The van der Waals surface area contributed by atoms with E-state index in [1.54, 1.807) is 16.9 Å². The van der Waals surface area contributed by atoms with Gasteiger partial charge in [0, 0.05) is 43.3 Å². The first-order valence-corrected chi connectivity index (χ1v) is 12.5. The average molecular weight is 495 g/mol. The van der Waals surface area contributed by atoms with Crippen molar-refractivity contribution in [2.75, 3.05) is 32.2 Å². The lowest BCUT2D eigenvalue weighted by atomic mass is 10.1. The number of benzene rings is 1. The molecule has 36 heavy (non-hydrogen) atoms. The molecule has 1 aromatic carbocycles. The van der Waals surface area contributed by atoms with Crippen LogP contribution in [0.15, 0.2) is 42.9 Å². The molecule has 1 fully saturated rings. The van der Waals surface area contributed by atoms with Gasteiger partial charge in [0.05, 0.1) is 25.0 Å². The fourth-order valence-corrected chi connectivity index (χ4v) is 4.31. The van der Waals surface area contributed by atoms with Crippen molar-refractivity contribution < 1.29 is 19.1 Å². The van der Waals surface area contributed by atoms with Crippen LogP contribution in [0.25, 0.3) is 11.1 Å². The van der Waals surface area contributed by atoms with E-state index in [-0.39, 0.29) is 17.6 Å². The van der Waals surface area contributed by atoms with Gasteiger partial charge in [-0.3, -0.25) is 14.2 Å². The summed E-state index contributed by atoms with van der Waals surface area (Å²) in [4.78, 5) is 25.5. The highest BCUT2D eigenvalue weighted by Gasteiger charge is 2.24. The number of nitrogens with zero attached hydrogens (tertiary/aromatic N) is 4. The molecule has 192 valence electrons. The third kappa shape index (κ3) is 6.38. The maximum atomic E-state index is 13.1. The van der Waals surface area contributed by atoms with Gasteiger partial charge in [-0.05, 0) is 49.9 Å². The van der Waals surface area contributed by atoms with Crippen molar-refractivity contribution in [3.63, 3.8) is 0 Å². The average Bonchev–Trinajstić information content (AvgIpc) is 3.56. The van der Waals surface area contributed by atoms with E-state index >= 15 is 0 Å². The minimum absolute atomic E-state index is 0.0845. The van der Waals surface area contributed by atoms with Crippen LogP contribution in [-0.2, 0) is 16.0 Å². The normalized spacial score (nSPS) is 14.1. The Balaban J connectivity index is 1.46. The summed E-state index contributed by atoms with van der Waals surface area (Å²) in [7, 11) is 1.30. The molecule has 1 aliphatic rings. The smallest absolute Gasteiger partial charge is 0.360 e. The van der Waals surface area contributed by atoms with Crippen LogP contribution in [-0.4, -0.2) is 58.3 Å². The maximum Gasteiger partial charge on any atom is 0.360 e. The number of anilines is 1. The van der Waals surface area contributed by atoms with Crippen LogP contribution < -0.4 is 11.1 Å². The second-order valence-electron chi connectivity index (χ2n) is 8.94. The molecule has 0 bridgehead atoms. The van der Waals surface area contributed by atoms with Gasteiger partial charge < -0.3 is 20.5 Å². The zero-order chi connectivity index (χ0) is 25.3. The van der Waals surface area contributed by atoms with Gasteiger partial charge in [0.1, 0.15) is 0 Å². The summed E-state index contributed by atoms with van der Waals surface area (Å²) in [6.07, 6.45) is 11.4. The van der Waals surface area contributed by atoms with Crippen LogP contribution >= 0.6 is 0 Å². The number of carbonyl (C=O) groups excluding carboxylic acids is 2. The third-order valence-electron chi connectivity index (χ3n) is 6.36. The highest BCUT2D eigenvalue weighted by atomic mass is 16.5. The number of aromatic nitrogens is 4. The first-order valence-electron chi connectivity index (χ1n) is 12.5. The van der Waals surface area contributed by atoms with E-state index in [0.29, 0.717) is 24.5 Å². The van der Waals surface area contributed by atoms with Gasteiger partial charge in [-0.1, -0.05) is 25.0 Å². The molecule has 3 heterocycles. The van der Waals surface area contributed by atoms with E-state index in [0.717, 1.165) is 62.7 Å². The number of rotatable bonds is 11. The number of esters is 1. The maximum absolute atomic E-state index is 13.1. The molecule has 4 rings (SSSR count). The predicted molar refractivity (Wildman–Crippen MR) is 136 cm³/mol. The highest BCUT2D eigenvalue weighted by molar-refractivity contribution is 6.07. The van der Waals surface area contributed by atoms with Crippen molar-refractivity contribution in [2.24, 2.45) is 5.73 Å². The molecule has 0 spiro atoms. The molecule has 3 N–H and O–H groups in total. The monoisotopic (exact) mass is 494 g/mol. The van der Waals surface area contributed by atoms with Gasteiger partial charge in [-0.2, -0.15) is 10.2 Å². The predicted octanol–water partition coefficient (Wildman–Crippen LogP) is 3.66. The number of unbranched alkanes of at least 4 members (excludes halogenated alkanes) is 3.